The molecule has 0 saturated carbocycles. The van der Waals surface area contributed by atoms with Crippen LogP contribution in [0, 0.1) is 0 Å². The van der Waals surface area contributed by atoms with E-state index in [1.54, 1.807) is 37.4 Å². The highest BCUT2D eigenvalue weighted by Crippen LogP contribution is 2.31. The van der Waals surface area contributed by atoms with Gasteiger partial charge in [0, 0.05) is 18.2 Å². The minimum atomic E-state index is -0.139. The fraction of sp³-hybridized carbons (Fsp3) is 0.154. The summed E-state index contributed by atoms with van der Waals surface area (Å²) in [6.07, 6.45) is 0. The van der Waals surface area contributed by atoms with Crippen molar-refractivity contribution < 1.29 is 9.53 Å². The number of hydrogen-bond acceptors (Lipinski definition) is 5. The number of anilines is 2. The molecule has 0 fully saturated rings. The third kappa shape index (κ3) is 2.98. The van der Waals surface area contributed by atoms with Gasteiger partial charge in [0.1, 0.15) is 11.6 Å². The summed E-state index contributed by atoms with van der Waals surface area (Å²) in [5.74, 6) is 0.855. The van der Waals surface area contributed by atoms with Crippen molar-refractivity contribution in [1.82, 2.24) is 10.2 Å². The second-order valence-corrected chi connectivity index (χ2v) is 3.94. The quantitative estimate of drug-likeness (QED) is 0.874. The van der Waals surface area contributed by atoms with E-state index in [9.17, 15) is 4.79 Å². The minimum absolute atomic E-state index is 0.139. The SMILES string of the molecule is COc1ccc(NC(C)=O)cc1-c1ccc(N)nn1. The van der Waals surface area contributed by atoms with Gasteiger partial charge in [-0.1, -0.05) is 0 Å². The molecule has 0 aliphatic heterocycles. The van der Waals surface area contributed by atoms with E-state index in [2.05, 4.69) is 15.5 Å². The molecule has 2 aromatic rings. The highest BCUT2D eigenvalue weighted by atomic mass is 16.5. The van der Waals surface area contributed by atoms with Crippen LogP contribution in [-0.2, 0) is 4.79 Å². The van der Waals surface area contributed by atoms with Gasteiger partial charge >= 0.3 is 0 Å². The van der Waals surface area contributed by atoms with Crippen molar-refractivity contribution in [3.63, 3.8) is 0 Å². The predicted molar refractivity (Wildman–Crippen MR) is 72.7 cm³/mol. The number of carbonyl (C=O) groups excluding carboxylic acids is 1. The molecule has 1 aromatic carbocycles. The number of nitrogens with two attached hydrogens (primary N) is 1. The first-order valence-electron chi connectivity index (χ1n) is 5.65. The number of nitrogen functional groups attached to an aromatic ring is 1. The molecule has 0 spiro atoms. The highest BCUT2D eigenvalue weighted by molar-refractivity contribution is 5.90. The van der Waals surface area contributed by atoms with Crippen molar-refractivity contribution in [3.05, 3.63) is 30.3 Å². The number of benzene rings is 1. The van der Waals surface area contributed by atoms with Gasteiger partial charge < -0.3 is 15.8 Å². The molecule has 0 aliphatic rings. The van der Waals surface area contributed by atoms with Crippen molar-refractivity contribution in [2.75, 3.05) is 18.2 Å². The molecule has 6 nitrogen and oxygen atoms in total. The zero-order valence-corrected chi connectivity index (χ0v) is 10.7. The predicted octanol–water partition coefficient (Wildman–Crippen LogP) is 1.69. The lowest BCUT2D eigenvalue weighted by Crippen LogP contribution is -2.06. The summed E-state index contributed by atoms with van der Waals surface area (Å²) in [6, 6.07) is 8.71. The topological polar surface area (TPSA) is 90.1 Å². The standard InChI is InChI=1S/C13H14N4O2/c1-8(18)15-9-3-5-12(19-2)10(7-9)11-4-6-13(14)17-16-11/h3-7H,1-2H3,(H2,14,17)(H,15,18). The number of aromatic nitrogens is 2. The summed E-state index contributed by atoms with van der Waals surface area (Å²) < 4.78 is 5.28. The largest absolute Gasteiger partial charge is 0.496 e. The smallest absolute Gasteiger partial charge is 0.221 e. The summed E-state index contributed by atoms with van der Waals surface area (Å²) >= 11 is 0. The molecule has 1 aromatic heterocycles. The van der Waals surface area contributed by atoms with Gasteiger partial charge in [0.2, 0.25) is 5.91 Å². The van der Waals surface area contributed by atoms with Gasteiger partial charge in [0.25, 0.3) is 0 Å². The average Bonchev–Trinajstić information content (AvgIpc) is 2.39. The van der Waals surface area contributed by atoms with Crippen molar-refractivity contribution in [2.45, 2.75) is 6.92 Å². The fourth-order valence-electron chi connectivity index (χ4n) is 1.68. The third-order valence-corrected chi connectivity index (χ3v) is 2.48. The van der Waals surface area contributed by atoms with Crippen LogP contribution in [0.3, 0.4) is 0 Å². The van der Waals surface area contributed by atoms with E-state index >= 15 is 0 Å². The van der Waals surface area contributed by atoms with Crippen molar-refractivity contribution in [3.8, 4) is 17.0 Å². The molecule has 0 aliphatic carbocycles. The molecule has 1 amide bonds. The Hall–Kier alpha value is -2.63. The van der Waals surface area contributed by atoms with E-state index in [0.717, 1.165) is 5.56 Å². The van der Waals surface area contributed by atoms with Gasteiger partial charge in [-0.25, -0.2) is 0 Å². The number of nitrogens with zero attached hydrogens (tertiary/aromatic N) is 2. The van der Waals surface area contributed by atoms with E-state index in [0.29, 0.717) is 22.9 Å². The second-order valence-electron chi connectivity index (χ2n) is 3.94. The van der Waals surface area contributed by atoms with Gasteiger partial charge in [-0.05, 0) is 30.3 Å². The molecule has 0 radical (unpaired) electrons. The van der Waals surface area contributed by atoms with Crippen LogP contribution in [0.5, 0.6) is 5.75 Å². The Morgan fingerprint density at radius 2 is 2.05 bits per heavy atom. The molecule has 6 heteroatoms. The maximum atomic E-state index is 11.1. The fourth-order valence-corrected chi connectivity index (χ4v) is 1.68. The first-order chi connectivity index (χ1) is 9.10. The van der Waals surface area contributed by atoms with Gasteiger partial charge in [-0.2, -0.15) is 0 Å². The Morgan fingerprint density at radius 3 is 2.63 bits per heavy atom. The molecule has 0 unspecified atom stereocenters. The molecule has 0 saturated heterocycles. The zero-order chi connectivity index (χ0) is 13.8. The van der Waals surface area contributed by atoms with Gasteiger partial charge in [0.15, 0.2) is 0 Å². The van der Waals surface area contributed by atoms with Crippen LogP contribution < -0.4 is 15.8 Å². The Morgan fingerprint density at radius 1 is 1.26 bits per heavy atom. The normalized spacial score (nSPS) is 10.0. The first-order valence-corrected chi connectivity index (χ1v) is 5.65. The van der Waals surface area contributed by atoms with Crippen molar-refractivity contribution in [1.29, 1.82) is 0 Å². The van der Waals surface area contributed by atoms with Crippen LogP contribution >= 0.6 is 0 Å². The molecular weight excluding hydrogens is 244 g/mol. The Kier molecular flexibility index (Phi) is 3.61. The molecular formula is C13H14N4O2. The number of ether oxygens (including phenoxy) is 1. The molecule has 98 valence electrons. The maximum Gasteiger partial charge on any atom is 0.221 e. The Labute approximate surface area is 110 Å². The summed E-state index contributed by atoms with van der Waals surface area (Å²) in [6.45, 7) is 1.45. The van der Waals surface area contributed by atoms with Gasteiger partial charge in [-0.3, -0.25) is 4.79 Å². The summed E-state index contributed by atoms with van der Waals surface area (Å²) in [5, 5.41) is 10.5. The first kappa shape index (κ1) is 12.8. The average molecular weight is 258 g/mol. The molecule has 1 heterocycles. The molecule has 2 rings (SSSR count). The van der Waals surface area contributed by atoms with E-state index in [1.807, 2.05) is 0 Å². The number of rotatable bonds is 3. The molecule has 0 atom stereocenters. The minimum Gasteiger partial charge on any atom is -0.496 e. The van der Waals surface area contributed by atoms with Crippen LogP contribution in [0.1, 0.15) is 6.92 Å². The molecule has 0 bridgehead atoms. The Bertz CT molecular complexity index is 596. The lowest BCUT2D eigenvalue weighted by molar-refractivity contribution is -0.114. The van der Waals surface area contributed by atoms with E-state index in [4.69, 9.17) is 10.5 Å². The summed E-state index contributed by atoms with van der Waals surface area (Å²) in [5.41, 5.74) is 7.54. The number of nitrogens with one attached hydrogen (secondary N) is 1. The number of methoxy groups -OCH3 is 1. The maximum absolute atomic E-state index is 11.1. The van der Waals surface area contributed by atoms with Crippen LogP contribution in [0.4, 0.5) is 11.5 Å². The lowest BCUT2D eigenvalue weighted by atomic mass is 10.1. The Balaban J connectivity index is 2.46. The van der Waals surface area contributed by atoms with E-state index in [1.165, 1.54) is 6.92 Å². The van der Waals surface area contributed by atoms with Gasteiger partial charge in [0.05, 0.1) is 12.8 Å². The number of amides is 1. The number of carbonyl (C=O) groups is 1. The molecule has 3 N–H and O–H groups in total. The monoisotopic (exact) mass is 258 g/mol. The van der Waals surface area contributed by atoms with Crippen molar-refractivity contribution in [2.24, 2.45) is 0 Å². The second kappa shape index (κ2) is 5.34. The summed E-state index contributed by atoms with van der Waals surface area (Å²) in [7, 11) is 1.57. The van der Waals surface area contributed by atoms with E-state index < -0.39 is 0 Å². The zero-order valence-electron chi connectivity index (χ0n) is 10.7. The molecule has 19 heavy (non-hydrogen) atoms. The highest BCUT2D eigenvalue weighted by Gasteiger charge is 2.09. The summed E-state index contributed by atoms with van der Waals surface area (Å²) in [4.78, 5) is 11.1. The number of hydrogen-bond donors (Lipinski definition) is 2. The van der Waals surface area contributed by atoms with Crippen molar-refractivity contribution >= 4 is 17.4 Å². The third-order valence-electron chi connectivity index (χ3n) is 2.48. The lowest BCUT2D eigenvalue weighted by Gasteiger charge is -2.10. The van der Waals surface area contributed by atoms with E-state index in [-0.39, 0.29) is 5.91 Å². The van der Waals surface area contributed by atoms with Crippen LogP contribution in [0.15, 0.2) is 30.3 Å². The van der Waals surface area contributed by atoms with Crippen LogP contribution in [0.25, 0.3) is 11.3 Å². The van der Waals surface area contributed by atoms with Crippen LogP contribution in [0.2, 0.25) is 0 Å². The van der Waals surface area contributed by atoms with Gasteiger partial charge in [-0.15, -0.1) is 10.2 Å². The van der Waals surface area contributed by atoms with Crippen LogP contribution in [-0.4, -0.2) is 23.2 Å².